The lowest BCUT2D eigenvalue weighted by atomic mass is 10.1. The van der Waals surface area contributed by atoms with E-state index in [1.165, 1.54) is 12.1 Å². The maximum absolute atomic E-state index is 14.4. The van der Waals surface area contributed by atoms with Crippen molar-refractivity contribution in [2.45, 2.75) is 0 Å². The standard InChI is InChI=1S/C23H24FN3O5/c1-29-21-13-16-18(14-22(21)31-11-8-27-6-9-30-10-7-27)26-5-4-19(16)32-20-3-2-15(23(25)28)12-17(20)24/h2-5,12-14H,6-11H2,1H3,(H2,25,28). The average molecular weight is 441 g/mol. The summed E-state index contributed by atoms with van der Waals surface area (Å²) in [6, 6.07) is 8.96. The maximum Gasteiger partial charge on any atom is 0.248 e. The Labute approximate surface area is 184 Å². The maximum atomic E-state index is 14.4. The molecule has 32 heavy (non-hydrogen) atoms. The lowest BCUT2D eigenvalue weighted by molar-refractivity contribution is 0.0321. The first-order valence-electron chi connectivity index (χ1n) is 10.2. The quantitative estimate of drug-likeness (QED) is 0.574. The van der Waals surface area contributed by atoms with Gasteiger partial charge in [0.05, 0.1) is 25.8 Å². The molecule has 1 aliphatic rings. The normalized spacial score (nSPS) is 14.3. The Kier molecular flexibility index (Phi) is 6.67. The first-order chi connectivity index (χ1) is 15.5. The second-order valence-electron chi connectivity index (χ2n) is 7.24. The Morgan fingerprint density at radius 3 is 2.66 bits per heavy atom. The van der Waals surface area contributed by atoms with Gasteiger partial charge in [0.1, 0.15) is 12.4 Å². The number of rotatable bonds is 8. The van der Waals surface area contributed by atoms with Crippen LogP contribution in [0.25, 0.3) is 10.9 Å². The summed E-state index contributed by atoms with van der Waals surface area (Å²) in [5.74, 6) is 0.0277. The number of benzene rings is 2. The number of methoxy groups -OCH3 is 1. The van der Waals surface area contributed by atoms with Crippen molar-refractivity contribution < 1.29 is 28.1 Å². The van der Waals surface area contributed by atoms with E-state index in [1.54, 1.807) is 31.5 Å². The smallest absolute Gasteiger partial charge is 0.248 e. The van der Waals surface area contributed by atoms with Gasteiger partial charge in [0, 0.05) is 42.8 Å². The minimum Gasteiger partial charge on any atom is -0.493 e. The van der Waals surface area contributed by atoms with Gasteiger partial charge < -0.3 is 24.7 Å². The summed E-state index contributed by atoms with van der Waals surface area (Å²) in [5.41, 5.74) is 5.87. The number of ether oxygens (including phenoxy) is 4. The molecule has 0 spiro atoms. The van der Waals surface area contributed by atoms with Crippen LogP contribution in [0.4, 0.5) is 4.39 Å². The van der Waals surface area contributed by atoms with Gasteiger partial charge in [0.2, 0.25) is 5.91 Å². The van der Waals surface area contributed by atoms with Crippen LogP contribution in [0.3, 0.4) is 0 Å². The Hall–Kier alpha value is -3.43. The second kappa shape index (κ2) is 9.80. The van der Waals surface area contributed by atoms with Crippen molar-refractivity contribution in [3.05, 3.63) is 54.0 Å². The van der Waals surface area contributed by atoms with E-state index >= 15 is 0 Å². The first-order valence-corrected chi connectivity index (χ1v) is 10.2. The SMILES string of the molecule is COc1cc2c(Oc3ccc(C(N)=O)cc3F)ccnc2cc1OCCN1CCOCC1. The Bertz CT molecular complexity index is 1120. The van der Waals surface area contributed by atoms with Crippen LogP contribution in [-0.2, 0) is 4.74 Å². The fourth-order valence-electron chi connectivity index (χ4n) is 3.45. The minimum absolute atomic E-state index is 0.0349. The van der Waals surface area contributed by atoms with Crippen LogP contribution in [0.15, 0.2) is 42.6 Å². The molecule has 0 atom stereocenters. The number of morpholine rings is 1. The predicted octanol–water partition coefficient (Wildman–Crippen LogP) is 2.98. The molecule has 0 radical (unpaired) electrons. The minimum atomic E-state index is -0.712. The molecule has 1 fully saturated rings. The molecule has 1 amide bonds. The number of carbonyl (C=O) groups excluding carboxylic acids is 1. The number of hydrogen-bond acceptors (Lipinski definition) is 7. The van der Waals surface area contributed by atoms with Crippen molar-refractivity contribution in [1.82, 2.24) is 9.88 Å². The van der Waals surface area contributed by atoms with Crippen molar-refractivity contribution in [1.29, 1.82) is 0 Å². The summed E-state index contributed by atoms with van der Waals surface area (Å²) in [5, 5.41) is 0.628. The molecule has 0 aliphatic carbocycles. The van der Waals surface area contributed by atoms with E-state index in [0.717, 1.165) is 38.9 Å². The van der Waals surface area contributed by atoms with Crippen LogP contribution in [-0.4, -0.2) is 62.4 Å². The van der Waals surface area contributed by atoms with Gasteiger partial charge in [0.25, 0.3) is 0 Å². The van der Waals surface area contributed by atoms with Crippen LogP contribution < -0.4 is 19.9 Å². The Morgan fingerprint density at radius 1 is 1.12 bits per heavy atom. The van der Waals surface area contributed by atoms with Gasteiger partial charge >= 0.3 is 0 Å². The van der Waals surface area contributed by atoms with E-state index in [4.69, 9.17) is 24.7 Å². The third kappa shape index (κ3) is 4.90. The third-order valence-corrected chi connectivity index (χ3v) is 5.19. The molecular weight excluding hydrogens is 417 g/mol. The molecule has 4 rings (SSSR count). The van der Waals surface area contributed by atoms with Gasteiger partial charge in [-0.05, 0) is 30.3 Å². The number of aromatic nitrogens is 1. The highest BCUT2D eigenvalue weighted by molar-refractivity contribution is 5.93. The predicted molar refractivity (Wildman–Crippen MR) is 116 cm³/mol. The van der Waals surface area contributed by atoms with Gasteiger partial charge in [-0.2, -0.15) is 0 Å². The Morgan fingerprint density at radius 2 is 1.94 bits per heavy atom. The van der Waals surface area contributed by atoms with Crippen molar-refractivity contribution in [2.75, 3.05) is 46.6 Å². The van der Waals surface area contributed by atoms with Gasteiger partial charge in [-0.3, -0.25) is 14.7 Å². The molecule has 2 heterocycles. The van der Waals surface area contributed by atoms with Crippen molar-refractivity contribution >= 4 is 16.8 Å². The van der Waals surface area contributed by atoms with Crippen molar-refractivity contribution in [2.24, 2.45) is 5.73 Å². The topological polar surface area (TPSA) is 96.1 Å². The summed E-state index contributed by atoms with van der Waals surface area (Å²) >= 11 is 0. The molecule has 0 saturated carbocycles. The zero-order valence-corrected chi connectivity index (χ0v) is 17.7. The molecule has 168 valence electrons. The summed E-state index contributed by atoms with van der Waals surface area (Å²) in [6.45, 7) is 4.52. The molecule has 9 heteroatoms. The third-order valence-electron chi connectivity index (χ3n) is 5.19. The molecule has 1 saturated heterocycles. The molecule has 8 nitrogen and oxygen atoms in total. The number of pyridine rings is 1. The monoisotopic (exact) mass is 441 g/mol. The number of nitrogens with two attached hydrogens (primary N) is 1. The van der Waals surface area contributed by atoms with Gasteiger partial charge in [-0.15, -0.1) is 0 Å². The molecule has 1 aromatic heterocycles. The highest BCUT2D eigenvalue weighted by atomic mass is 19.1. The van der Waals surface area contributed by atoms with E-state index in [0.29, 0.717) is 34.8 Å². The molecule has 2 aromatic carbocycles. The fourth-order valence-corrected chi connectivity index (χ4v) is 3.45. The van der Waals surface area contributed by atoms with Crippen LogP contribution in [0.1, 0.15) is 10.4 Å². The van der Waals surface area contributed by atoms with E-state index in [9.17, 15) is 9.18 Å². The molecule has 0 unspecified atom stereocenters. The van der Waals surface area contributed by atoms with Crippen molar-refractivity contribution in [3.63, 3.8) is 0 Å². The van der Waals surface area contributed by atoms with Gasteiger partial charge in [0.15, 0.2) is 23.1 Å². The number of nitrogens with zero attached hydrogens (tertiary/aromatic N) is 2. The molecule has 0 bridgehead atoms. The Balaban J connectivity index is 1.55. The highest BCUT2D eigenvalue weighted by Gasteiger charge is 2.15. The summed E-state index contributed by atoms with van der Waals surface area (Å²) in [4.78, 5) is 17.9. The van der Waals surface area contributed by atoms with Gasteiger partial charge in [-0.25, -0.2) is 4.39 Å². The average Bonchev–Trinajstić information content (AvgIpc) is 2.80. The number of hydrogen-bond donors (Lipinski definition) is 1. The zero-order valence-electron chi connectivity index (χ0n) is 17.7. The number of carbonyl (C=O) groups is 1. The summed E-state index contributed by atoms with van der Waals surface area (Å²) < 4.78 is 37.0. The largest absolute Gasteiger partial charge is 0.493 e. The van der Waals surface area contributed by atoms with E-state index < -0.39 is 11.7 Å². The highest BCUT2D eigenvalue weighted by Crippen LogP contribution is 2.37. The lowest BCUT2D eigenvalue weighted by Crippen LogP contribution is -2.38. The lowest BCUT2D eigenvalue weighted by Gasteiger charge is -2.26. The number of fused-ring (bicyclic) bond motifs is 1. The van der Waals surface area contributed by atoms with Crippen molar-refractivity contribution in [3.8, 4) is 23.0 Å². The zero-order chi connectivity index (χ0) is 22.5. The van der Waals surface area contributed by atoms with Gasteiger partial charge in [-0.1, -0.05) is 0 Å². The van der Waals surface area contributed by atoms with Crippen LogP contribution >= 0.6 is 0 Å². The summed E-state index contributed by atoms with van der Waals surface area (Å²) in [6.07, 6.45) is 1.57. The number of primary amides is 1. The van der Waals surface area contributed by atoms with E-state index in [2.05, 4.69) is 9.88 Å². The fraction of sp³-hybridized carbons (Fsp3) is 0.304. The molecule has 1 aliphatic heterocycles. The number of halogens is 1. The number of amides is 1. The van der Waals surface area contributed by atoms with Crippen LogP contribution in [0.5, 0.6) is 23.0 Å². The molecular formula is C23H24FN3O5. The van der Waals surface area contributed by atoms with E-state index in [-0.39, 0.29) is 11.3 Å². The summed E-state index contributed by atoms with van der Waals surface area (Å²) in [7, 11) is 1.55. The van der Waals surface area contributed by atoms with E-state index in [1.807, 2.05) is 0 Å². The molecule has 3 aromatic rings. The van der Waals surface area contributed by atoms with Crippen LogP contribution in [0, 0.1) is 5.82 Å². The first kappa shape index (κ1) is 21.8. The van der Waals surface area contributed by atoms with Crippen LogP contribution in [0.2, 0.25) is 0 Å². The second-order valence-corrected chi connectivity index (χ2v) is 7.24. The molecule has 2 N–H and O–H groups in total.